The molecule has 18 heavy (non-hydrogen) atoms. The van der Waals surface area contributed by atoms with Crippen LogP contribution in [-0.4, -0.2) is 26.2 Å². The van der Waals surface area contributed by atoms with Crippen LogP contribution in [0.1, 0.15) is 25.8 Å². The summed E-state index contributed by atoms with van der Waals surface area (Å²) in [6.45, 7) is 8.92. The number of aryl methyl sites for hydroxylation is 1. The van der Waals surface area contributed by atoms with E-state index in [9.17, 15) is 0 Å². The van der Waals surface area contributed by atoms with Gasteiger partial charge < -0.3 is 15.4 Å². The molecule has 0 spiro atoms. The molecule has 2 N–H and O–H groups in total. The molecule has 1 atom stereocenters. The molecule has 0 amide bonds. The van der Waals surface area contributed by atoms with Gasteiger partial charge in [-0.2, -0.15) is 0 Å². The van der Waals surface area contributed by atoms with Crippen LogP contribution in [0.4, 0.5) is 5.69 Å². The second kappa shape index (κ2) is 5.19. The van der Waals surface area contributed by atoms with E-state index in [4.69, 9.17) is 4.74 Å². The standard InChI is InChI=1S/C15H24N2O/c1-11-9-12(18-4)5-6-13(11)17-14-7-8-16-10-15(14,2)3/h5-6,9,14,16-17H,7-8,10H2,1-4H3. The summed E-state index contributed by atoms with van der Waals surface area (Å²) < 4.78 is 5.24. The van der Waals surface area contributed by atoms with Crippen LogP contribution in [-0.2, 0) is 0 Å². The zero-order chi connectivity index (χ0) is 13.2. The number of ether oxygens (including phenoxy) is 1. The Balaban J connectivity index is 2.13. The molecule has 2 rings (SSSR count). The summed E-state index contributed by atoms with van der Waals surface area (Å²) in [4.78, 5) is 0. The molecule has 0 saturated carbocycles. The second-order valence-electron chi connectivity index (χ2n) is 5.83. The van der Waals surface area contributed by atoms with Crippen molar-refractivity contribution in [2.75, 3.05) is 25.5 Å². The molecule has 1 aliphatic rings. The minimum absolute atomic E-state index is 0.282. The largest absolute Gasteiger partial charge is 0.497 e. The van der Waals surface area contributed by atoms with Crippen molar-refractivity contribution in [2.45, 2.75) is 33.2 Å². The first-order chi connectivity index (χ1) is 8.53. The lowest BCUT2D eigenvalue weighted by Gasteiger charge is -2.40. The maximum Gasteiger partial charge on any atom is 0.119 e. The predicted octanol–water partition coefficient (Wildman–Crippen LogP) is 2.80. The highest BCUT2D eigenvalue weighted by atomic mass is 16.5. The minimum atomic E-state index is 0.282. The van der Waals surface area contributed by atoms with Gasteiger partial charge in [-0.3, -0.25) is 0 Å². The number of benzene rings is 1. The Hall–Kier alpha value is -1.22. The summed E-state index contributed by atoms with van der Waals surface area (Å²) in [5.41, 5.74) is 2.74. The topological polar surface area (TPSA) is 33.3 Å². The summed E-state index contributed by atoms with van der Waals surface area (Å²) in [5, 5.41) is 7.16. The first kappa shape index (κ1) is 13.2. The van der Waals surface area contributed by atoms with Crippen molar-refractivity contribution in [2.24, 2.45) is 5.41 Å². The van der Waals surface area contributed by atoms with Crippen molar-refractivity contribution in [1.82, 2.24) is 5.32 Å². The Morgan fingerprint density at radius 1 is 1.39 bits per heavy atom. The van der Waals surface area contributed by atoms with Crippen molar-refractivity contribution < 1.29 is 4.74 Å². The third-order valence-corrected chi connectivity index (χ3v) is 3.90. The van der Waals surface area contributed by atoms with Gasteiger partial charge in [0, 0.05) is 18.3 Å². The van der Waals surface area contributed by atoms with E-state index in [-0.39, 0.29) is 5.41 Å². The lowest BCUT2D eigenvalue weighted by molar-refractivity contribution is 0.236. The Labute approximate surface area is 110 Å². The first-order valence-corrected chi connectivity index (χ1v) is 6.65. The van der Waals surface area contributed by atoms with E-state index in [1.54, 1.807) is 7.11 Å². The van der Waals surface area contributed by atoms with Crippen molar-refractivity contribution in [3.8, 4) is 5.75 Å². The number of piperidine rings is 1. The predicted molar refractivity (Wildman–Crippen MR) is 76.4 cm³/mol. The smallest absolute Gasteiger partial charge is 0.119 e. The Kier molecular flexibility index (Phi) is 3.81. The average Bonchev–Trinajstić information content (AvgIpc) is 2.33. The molecule has 1 aromatic rings. The van der Waals surface area contributed by atoms with Crippen molar-refractivity contribution in [3.63, 3.8) is 0 Å². The van der Waals surface area contributed by atoms with E-state index in [0.29, 0.717) is 6.04 Å². The maximum absolute atomic E-state index is 5.24. The molecule has 0 radical (unpaired) electrons. The molecule has 3 nitrogen and oxygen atoms in total. The first-order valence-electron chi connectivity index (χ1n) is 6.65. The van der Waals surface area contributed by atoms with Crippen LogP contribution in [0.15, 0.2) is 18.2 Å². The van der Waals surface area contributed by atoms with Crippen LogP contribution in [0.3, 0.4) is 0 Å². The van der Waals surface area contributed by atoms with Crippen molar-refractivity contribution >= 4 is 5.69 Å². The van der Waals surface area contributed by atoms with Crippen LogP contribution in [0.2, 0.25) is 0 Å². The fourth-order valence-corrected chi connectivity index (χ4v) is 2.55. The molecule has 1 saturated heterocycles. The number of nitrogens with one attached hydrogen (secondary N) is 2. The van der Waals surface area contributed by atoms with E-state index in [1.165, 1.54) is 17.7 Å². The highest BCUT2D eigenvalue weighted by Gasteiger charge is 2.32. The lowest BCUT2D eigenvalue weighted by Crippen LogP contribution is -2.49. The van der Waals surface area contributed by atoms with Crippen molar-refractivity contribution in [1.29, 1.82) is 0 Å². The number of anilines is 1. The zero-order valence-corrected chi connectivity index (χ0v) is 11.8. The monoisotopic (exact) mass is 248 g/mol. The summed E-state index contributed by atoms with van der Waals surface area (Å²) in [7, 11) is 1.71. The van der Waals surface area contributed by atoms with Gasteiger partial charge in [0.25, 0.3) is 0 Å². The molecule has 0 bridgehead atoms. The van der Waals surface area contributed by atoms with E-state index in [1.807, 2.05) is 6.07 Å². The SMILES string of the molecule is COc1ccc(NC2CCNCC2(C)C)c(C)c1. The van der Waals surface area contributed by atoms with E-state index < -0.39 is 0 Å². The molecular weight excluding hydrogens is 224 g/mol. The van der Waals surface area contributed by atoms with E-state index in [0.717, 1.165) is 18.8 Å². The van der Waals surface area contributed by atoms with Gasteiger partial charge in [0.15, 0.2) is 0 Å². The summed E-state index contributed by atoms with van der Waals surface area (Å²) in [6.07, 6.45) is 1.17. The summed E-state index contributed by atoms with van der Waals surface area (Å²) in [5.74, 6) is 0.919. The van der Waals surface area contributed by atoms with Gasteiger partial charge in [0.1, 0.15) is 5.75 Å². The van der Waals surface area contributed by atoms with Crippen LogP contribution in [0, 0.1) is 12.3 Å². The number of hydrogen-bond acceptors (Lipinski definition) is 3. The third kappa shape index (κ3) is 2.78. The fourth-order valence-electron chi connectivity index (χ4n) is 2.55. The molecule has 1 heterocycles. The van der Waals surface area contributed by atoms with Crippen LogP contribution < -0.4 is 15.4 Å². The average molecular weight is 248 g/mol. The van der Waals surface area contributed by atoms with E-state index in [2.05, 4.69) is 43.5 Å². The van der Waals surface area contributed by atoms with Gasteiger partial charge in [0.2, 0.25) is 0 Å². The second-order valence-corrected chi connectivity index (χ2v) is 5.83. The molecule has 100 valence electrons. The number of rotatable bonds is 3. The van der Waals surface area contributed by atoms with Gasteiger partial charge >= 0.3 is 0 Å². The van der Waals surface area contributed by atoms with Crippen LogP contribution >= 0.6 is 0 Å². The Morgan fingerprint density at radius 2 is 2.17 bits per heavy atom. The lowest BCUT2D eigenvalue weighted by atomic mass is 9.80. The van der Waals surface area contributed by atoms with Crippen molar-refractivity contribution in [3.05, 3.63) is 23.8 Å². The molecule has 1 aromatic carbocycles. The summed E-state index contributed by atoms with van der Waals surface area (Å²) in [6, 6.07) is 6.73. The Bertz CT molecular complexity index is 415. The van der Waals surface area contributed by atoms with Gasteiger partial charge in [0.05, 0.1) is 7.11 Å². The summed E-state index contributed by atoms with van der Waals surface area (Å²) >= 11 is 0. The van der Waals surface area contributed by atoms with Gasteiger partial charge in [-0.05, 0) is 49.1 Å². The normalized spacial score (nSPS) is 22.6. The van der Waals surface area contributed by atoms with Gasteiger partial charge in [-0.1, -0.05) is 13.8 Å². The molecule has 0 aromatic heterocycles. The minimum Gasteiger partial charge on any atom is -0.497 e. The maximum atomic E-state index is 5.24. The zero-order valence-electron chi connectivity index (χ0n) is 11.8. The van der Waals surface area contributed by atoms with Gasteiger partial charge in [-0.15, -0.1) is 0 Å². The quantitative estimate of drug-likeness (QED) is 0.863. The third-order valence-electron chi connectivity index (χ3n) is 3.90. The molecule has 0 aliphatic carbocycles. The highest BCUT2D eigenvalue weighted by Crippen LogP contribution is 2.30. The highest BCUT2D eigenvalue weighted by molar-refractivity contribution is 5.54. The number of hydrogen-bond donors (Lipinski definition) is 2. The van der Waals surface area contributed by atoms with Crippen LogP contribution in [0.25, 0.3) is 0 Å². The van der Waals surface area contributed by atoms with E-state index >= 15 is 0 Å². The van der Waals surface area contributed by atoms with Crippen LogP contribution in [0.5, 0.6) is 5.75 Å². The van der Waals surface area contributed by atoms with Gasteiger partial charge in [-0.25, -0.2) is 0 Å². The molecule has 1 fully saturated rings. The molecule has 3 heteroatoms. The molecular formula is C15H24N2O. The molecule has 1 aliphatic heterocycles. The molecule has 1 unspecified atom stereocenters. The number of methoxy groups -OCH3 is 1. The Morgan fingerprint density at radius 3 is 2.78 bits per heavy atom. The fraction of sp³-hybridized carbons (Fsp3) is 0.600.